The fourth-order valence-corrected chi connectivity index (χ4v) is 1.83. The first-order valence-corrected chi connectivity index (χ1v) is 5.86. The number of hydrogen-bond donors (Lipinski definition) is 0. The molecular weight excluding hydrogens is 266 g/mol. The summed E-state index contributed by atoms with van der Waals surface area (Å²) in [5, 5.41) is 9.10. The number of nitrogens with zero attached hydrogens (tertiary/aromatic N) is 1. The van der Waals surface area contributed by atoms with E-state index < -0.39 is 41.3 Å². The number of ketones is 2. The zero-order valence-corrected chi connectivity index (χ0v) is 11.8. The number of carbonyl (C=O) groups is 4. The molecule has 0 aliphatic carbocycles. The van der Waals surface area contributed by atoms with Gasteiger partial charge in [-0.15, -0.1) is 0 Å². The molecule has 0 aromatic rings. The van der Waals surface area contributed by atoms with Crippen LogP contribution in [0.25, 0.3) is 0 Å². The first-order chi connectivity index (χ1) is 9.29. The van der Waals surface area contributed by atoms with Crippen LogP contribution in [0.3, 0.4) is 0 Å². The largest absolute Gasteiger partial charge is 0.468 e. The Morgan fingerprint density at radius 3 is 1.80 bits per heavy atom. The maximum atomic E-state index is 11.5. The van der Waals surface area contributed by atoms with Gasteiger partial charge in [0.05, 0.1) is 26.2 Å². The summed E-state index contributed by atoms with van der Waals surface area (Å²) in [5.41, 5.74) is 0. The van der Waals surface area contributed by atoms with E-state index in [1.165, 1.54) is 6.92 Å². The first-order valence-electron chi connectivity index (χ1n) is 5.86. The highest BCUT2D eigenvalue weighted by Gasteiger charge is 2.38. The Morgan fingerprint density at radius 1 is 1.00 bits per heavy atom. The van der Waals surface area contributed by atoms with Gasteiger partial charge in [-0.2, -0.15) is 5.26 Å². The molecule has 7 heteroatoms. The minimum absolute atomic E-state index is 0.266. The van der Waals surface area contributed by atoms with Crippen molar-refractivity contribution in [2.45, 2.75) is 20.3 Å². The second-order valence-electron chi connectivity index (χ2n) is 4.27. The predicted octanol–water partition coefficient (Wildman–Crippen LogP) is 0.273. The van der Waals surface area contributed by atoms with Crippen LogP contribution in [-0.4, -0.2) is 37.7 Å². The molecule has 0 saturated heterocycles. The first kappa shape index (κ1) is 17.8. The van der Waals surface area contributed by atoms with E-state index in [0.717, 1.165) is 21.1 Å². The molecule has 7 nitrogen and oxygen atoms in total. The van der Waals surface area contributed by atoms with E-state index in [2.05, 4.69) is 9.47 Å². The molecule has 0 N–H and O–H groups in total. The second-order valence-corrected chi connectivity index (χ2v) is 4.27. The van der Waals surface area contributed by atoms with Crippen LogP contribution in [0.5, 0.6) is 0 Å². The molecule has 3 unspecified atom stereocenters. The minimum Gasteiger partial charge on any atom is -0.468 e. The smallest absolute Gasteiger partial charge is 0.317 e. The van der Waals surface area contributed by atoms with Crippen molar-refractivity contribution in [2.24, 2.45) is 17.8 Å². The summed E-state index contributed by atoms with van der Waals surface area (Å²) in [5.74, 6) is -6.36. The molecule has 0 aliphatic rings. The number of esters is 2. The van der Waals surface area contributed by atoms with Crippen molar-refractivity contribution >= 4 is 23.5 Å². The molecule has 0 heterocycles. The lowest BCUT2D eigenvalue weighted by molar-refractivity contribution is -0.154. The summed E-state index contributed by atoms with van der Waals surface area (Å²) in [4.78, 5) is 45.9. The van der Waals surface area contributed by atoms with Crippen molar-refractivity contribution in [1.82, 2.24) is 0 Å². The van der Waals surface area contributed by atoms with Crippen molar-refractivity contribution in [2.75, 3.05) is 14.2 Å². The van der Waals surface area contributed by atoms with Gasteiger partial charge in [0.15, 0.2) is 0 Å². The van der Waals surface area contributed by atoms with E-state index in [9.17, 15) is 19.2 Å². The maximum absolute atomic E-state index is 11.5. The van der Waals surface area contributed by atoms with E-state index in [0.29, 0.717) is 0 Å². The van der Waals surface area contributed by atoms with Gasteiger partial charge in [0.25, 0.3) is 0 Å². The third-order valence-corrected chi connectivity index (χ3v) is 2.93. The molecule has 0 radical (unpaired) electrons. The van der Waals surface area contributed by atoms with Crippen molar-refractivity contribution < 1.29 is 28.7 Å². The molecule has 0 saturated carbocycles. The SMILES string of the molecule is COC(=O)C(CC(C#N)C(C(C)=O)C(=O)OC)C(C)=O. The average Bonchev–Trinajstić information content (AvgIpc) is 2.40. The van der Waals surface area contributed by atoms with Crippen LogP contribution in [0.2, 0.25) is 0 Å². The van der Waals surface area contributed by atoms with Crippen molar-refractivity contribution in [1.29, 1.82) is 5.26 Å². The topological polar surface area (TPSA) is 111 Å². The highest BCUT2D eigenvalue weighted by molar-refractivity contribution is 6.00. The van der Waals surface area contributed by atoms with Gasteiger partial charge in [-0.05, 0) is 20.3 Å². The monoisotopic (exact) mass is 283 g/mol. The van der Waals surface area contributed by atoms with E-state index in [-0.39, 0.29) is 6.42 Å². The minimum atomic E-state index is -1.32. The number of ether oxygens (including phenoxy) is 2. The maximum Gasteiger partial charge on any atom is 0.317 e. The summed E-state index contributed by atoms with van der Waals surface area (Å²) in [6.45, 7) is 2.32. The summed E-state index contributed by atoms with van der Waals surface area (Å²) in [6.07, 6.45) is -0.266. The Labute approximate surface area is 116 Å². The fraction of sp³-hybridized carbons (Fsp3) is 0.615. The second kappa shape index (κ2) is 8.04. The quantitative estimate of drug-likeness (QED) is 0.487. The van der Waals surface area contributed by atoms with Crippen LogP contribution in [0.15, 0.2) is 0 Å². The summed E-state index contributed by atoms with van der Waals surface area (Å²) in [6, 6.07) is 1.78. The highest BCUT2D eigenvalue weighted by atomic mass is 16.5. The normalized spacial score (nSPS) is 14.3. The summed E-state index contributed by atoms with van der Waals surface area (Å²) >= 11 is 0. The Kier molecular flexibility index (Phi) is 7.15. The molecular formula is C13H17NO6. The van der Waals surface area contributed by atoms with Gasteiger partial charge in [0.2, 0.25) is 0 Å². The molecule has 3 atom stereocenters. The molecule has 0 rings (SSSR count). The molecule has 0 fully saturated rings. The Hall–Kier alpha value is -2.23. The highest BCUT2D eigenvalue weighted by Crippen LogP contribution is 2.24. The van der Waals surface area contributed by atoms with E-state index in [1.807, 2.05) is 0 Å². The van der Waals surface area contributed by atoms with E-state index in [1.54, 1.807) is 6.07 Å². The van der Waals surface area contributed by atoms with Gasteiger partial charge in [-0.1, -0.05) is 0 Å². The van der Waals surface area contributed by atoms with Crippen LogP contribution < -0.4 is 0 Å². The molecule has 20 heavy (non-hydrogen) atoms. The average molecular weight is 283 g/mol. The van der Waals surface area contributed by atoms with Crippen LogP contribution in [0, 0.1) is 29.1 Å². The lowest BCUT2D eigenvalue weighted by atomic mass is 9.82. The molecule has 0 aromatic carbocycles. The third kappa shape index (κ3) is 4.46. The lowest BCUT2D eigenvalue weighted by Gasteiger charge is -2.20. The fourth-order valence-electron chi connectivity index (χ4n) is 1.83. The van der Waals surface area contributed by atoms with Crippen molar-refractivity contribution in [3.05, 3.63) is 0 Å². The standard InChI is InChI=1S/C13H17NO6/c1-7(15)10(12(17)19-3)5-9(6-14)11(8(2)16)13(18)20-4/h9-11H,5H2,1-4H3. The van der Waals surface area contributed by atoms with E-state index in [4.69, 9.17) is 5.26 Å². The molecule has 0 spiro atoms. The van der Waals surface area contributed by atoms with Gasteiger partial charge in [-0.3, -0.25) is 19.2 Å². The molecule has 0 bridgehead atoms. The lowest BCUT2D eigenvalue weighted by Crippen LogP contribution is -2.34. The Morgan fingerprint density at radius 2 is 1.50 bits per heavy atom. The van der Waals surface area contributed by atoms with Crippen LogP contribution in [0.1, 0.15) is 20.3 Å². The molecule has 110 valence electrons. The number of hydrogen-bond acceptors (Lipinski definition) is 7. The Balaban J connectivity index is 5.30. The van der Waals surface area contributed by atoms with Crippen molar-refractivity contribution in [3.8, 4) is 6.07 Å². The zero-order chi connectivity index (χ0) is 15.9. The van der Waals surface area contributed by atoms with Gasteiger partial charge in [0, 0.05) is 0 Å². The van der Waals surface area contributed by atoms with Crippen LogP contribution in [0.4, 0.5) is 0 Å². The number of nitriles is 1. The van der Waals surface area contributed by atoms with Gasteiger partial charge in [0.1, 0.15) is 23.4 Å². The van der Waals surface area contributed by atoms with Crippen LogP contribution >= 0.6 is 0 Å². The molecule has 0 aliphatic heterocycles. The predicted molar refractivity (Wildman–Crippen MR) is 66.1 cm³/mol. The van der Waals surface area contributed by atoms with Gasteiger partial charge in [-0.25, -0.2) is 0 Å². The molecule has 0 aromatic heterocycles. The third-order valence-electron chi connectivity index (χ3n) is 2.93. The van der Waals surface area contributed by atoms with Crippen LogP contribution in [-0.2, 0) is 28.7 Å². The van der Waals surface area contributed by atoms with Gasteiger partial charge >= 0.3 is 11.9 Å². The van der Waals surface area contributed by atoms with E-state index >= 15 is 0 Å². The van der Waals surface area contributed by atoms with Gasteiger partial charge < -0.3 is 9.47 Å². The summed E-state index contributed by atoms with van der Waals surface area (Å²) in [7, 11) is 2.21. The number of rotatable bonds is 7. The number of Topliss-reactive ketones (excluding diaryl/α,β-unsaturated/α-hetero) is 2. The van der Waals surface area contributed by atoms with Crippen molar-refractivity contribution in [3.63, 3.8) is 0 Å². The number of carbonyl (C=O) groups excluding carboxylic acids is 4. The Bertz CT molecular complexity index is 450. The summed E-state index contributed by atoms with van der Waals surface area (Å²) < 4.78 is 8.95. The number of methoxy groups -OCH3 is 2. The zero-order valence-electron chi connectivity index (χ0n) is 11.8. The molecule has 0 amide bonds.